The summed E-state index contributed by atoms with van der Waals surface area (Å²) in [5.41, 5.74) is 0.640. The first-order chi connectivity index (χ1) is 12.0. The van der Waals surface area contributed by atoms with E-state index in [0.29, 0.717) is 23.7 Å². The number of nitrogens with one attached hydrogen (secondary N) is 1. The molecule has 1 amide bonds. The first-order valence-corrected chi connectivity index (χ1v) is 8.02. The fraction of sp³-hybridized carbons (Fsp3) is 0.316. The number of halogens is 1. The molecular formula is C19H22FNO4. The molecule has 0 heterocycles. The van der Waals surface area contributed by atoms with Gasteiger partial charge in [-0.05, 0) is 43.7 Å². The van der Waals surface area contributed by atoms with Gasteiger partial charge in [0.25, 0.3) is 5.91 Å². The third-order valence-corrected chi connectivity index (χ3v) is 3.56. The van der Waals surface area contributed by atoms with Gasteiger partial charge in [-0.25, -0.2) is 4.39 Å². The Kier molecular flexibility index (Phi) is 6.62. The third-order valence-electron chi connectivity index (χ3n) is 3.56. The maximum absolute atomic E-state index is 13.8. The van der Waals surface area contributed by atoms with Crippen molar-refractivity contribution in [2.24, 2.45) is 0 Å². The molecule has 2 aromatic carbocycles. The van der Waals surface area contributed by atoms with Crippen molar-refractivity contribution >= 4 is 5.91 Å². The number of para-hydroxylation sites is 2. The number of carbonyl (C=O) groups is 1. The van der Waals surface area contributed by atoms with Crippen LogP contribution in [-0.4, -0.2) is 26.2 Å². The average molecular weight is 347 g/mol. The van der Waals surface area contributed by atoms with E-state index < -0.39 is 5.82 Å². The van der Waals surface area contributed by atoms with Gasteiger partial charge in [0.15, 0.2) is 29.7 Å². The molecule has 1 atom stereocenters. The van der Waals surface area contributed by atoms with Gasteiger partial charge < -0.3 is 19.5 Å². The predicted molar refractivity (Wildman–Crippen MR) is 92.6 cm³/mol. The van der Waals surface area contributed by atoms with Crippen LogP contribution in [0.25, 0.3) is 0 Å². The highest BCUT2D eigenvalue weighted by Crippen LogP contribution is 2.26. The molecule has 25 heavy (non-hydrogen) atoms. The average Bonchev–Trinajstić information content (AvgIpc) is 2.61. The van der Waals surface area contributed by atoms with Crippen molar-refractivity contribution in [3.63, 3.8) is 0 Å². The molecular weight excluding hydrogens is 325 g/mol. The number of hydrogen-bond acceptors (Lipinski definition) is 4. The summed E-state index contributed by atoms with van der Waals surface area (Å²) in [6, 6.07) is 11.4. The predicted octanol–water partition coefficient (Wildman–Crippen LogP) is 3.49. The molecule has 0 bridgehead atoms. The van der Waals surface area contributed by atoms with Crippen molar-refractivity contribution in [2.45, 2.75) is 19.9 Å². The first-order valence-electron chi connectivity index (χ1n) is 8.02. The van der Waals surface area contributed by atoms with Crippen LogP contribution < -0.4 is 19.5 Å². The zero-order valence-electron chi connectivity index (χ0n) is 14.5. The van der Waals surface area contributed by atoms with Gasteiger partial charge in [0.2, 0.25) is 0 Å². The zero-order chi connectivity index (χ0) is 18.2. The number of amides is 1. The van der Waals surface area contributed by atoms with E-state index in [1.54, 1.807) is 31.2 Å². The zero-order valence-corrected chi connectivity index (χ0v) is 14.5. The van der Waals surface area contributed by atoms with Crippen LogP contribution in [0.2, 0.25) is 0 Å². The van der Waals surface area contributed by atoms with Crippen molar-refractivity contribution in [1.82, 2.24) is 5.32 Å². The number of carbonyl (C=O) groups excluding carboxylic acids is 1. The van der Waals surface area contributed by atoms with E-state index in [9.17, 15) is 9.18 Å². The lowest BCUT2D eigenvalue weighted by atomic mass is 10.1. The van der Waals surface area contributed by atoms with Crippen molar-refractivity contribution in [3.8, 4) is 17.2 Å². The van der Waals surface area contributed by atoms with Gasteiger partial charge in [-0.2, -0.15) is 0 Å². The van der Waals surface area contributed by atoms with Crippen LogP contribution in [0.1, 0.15) is 25.5 Å². The van der Waals surface area contributed by atoms with Crippen molar-refractivity contribution in [1.29, 1.82) is 0 Å². The molecule has 0 unspecified atom stereocenters. The number of rotatable bonds is 8. The minimum absolute atomic E-state index is 0.160. The Bertz CT molecular complexity index is 720. The lowest BCUT2D eigenvalue weighted by Crippen LogP contribution is -2.31. The Morgan fingerprint density at radius 1 is 1.12 bits per heavy atom. The second-order valence-electron chi connectivity index (χ2n) is 5.35. The van der Waals surface area contributed by atoms with Crippen molar-refractivity contribution < 1.29 is 23.4 Å². The number of methoxy groups -OCH3 is 1. The summed E-state index contributed by atoms with van der Waals surface area (Å²) in [7, 11) is 1.40. The minimum Gasteiger partial charge on any atom is -0.494 e. The molecule has 6 heteroatoms. The molecule has 5 nitrogen and oxygen atoms in total. The van der Waals surface area contributed by atoms with Gasteiger partial charge in [0, 0.05) is 0 Å². The molecule has 2 rings (SSSR count). The Balaban J connectivity index is 1.93. The first kappa shape index (κ1) is 18.6. The maximum atomic E-state index is 13.8. The summed E-state index contributed by atoms with van der Waals surface area (Å²) in [5.74, 6) is 0.474. The summed E-state index contributed by atoms with van der Waals surface area (Å²) in [4.78, 5) is 12.1. The molecule has 1 N–H and O–H groups in total. The van der Waals surface area contributed by atoms with E-state index in [1.807, 2.05) is 13.0 Å². The molecule has 0 saturated heterocycles. The largest absolute Gasteiger partial charge is 0.494 e. The number of ether oxygens (including phenoxy) is 3. The molecule has 0 fully saturated rings. The molecule has 2 aromatic rings. The van der Waals surface area contributed by atoms with E-state index in [1.165, 1.54) is 19.2 Å². The molecule has 0 aliphatic rings. The van der Waals surface area contributed by atoms with Gasteiger partial charge in [-0.3, -0.25) is 4.79 Å². The van der Waals surface area contributed by atoms with Crippen LogP contribution in [0.5, 0.6) is 17.2 Å². The van der Waals surface area contributed by atoms with Crippen LogP contribution in [0, 0.1) is 5.82 Å². The Morgan fingerprint density at radius 2 is 1.80 bits per heavy atom. The highest BCUT2D eigenvalue weighted by Gasteiger charge is 2.13. The van der Waals surface area contributed by atoms with E-state index in [2.05, 4.69) is 5.32 Å². The Morgan fingerprint density at radius 3 is 2.40 bits per heavy atom. The van der Waals surface area contributed by atoms with E-state index >= 15 is 0 Å². The normalized spacial score (nSPS) is 11.5. The van der Waals surface area contributed by atoms with Crippen LogP contribution >= 0.6 is 0 Å². The Labute approximate surface area is 146 Å². The molecule has 0 radical (unpaired) electrons. The molecule has 0 aliphatic carbocycles. The van der Waals surface area contributed by atoms with Gasteiger partial charge in [0.05, 0.1) is 19.8 Å². The van der Waals surface area contributed by atoms with Crippen molar-refractivity contribution in [2.75, 3.05) is 20.3 Å². The maximum Gasteiger partial charge on any atom is 0.258 e. The second-order valence-corrected chi connectivity index (χ2v) is 5.35. The highest BCUT2D eigenvalue weighted by atomic mass is 19.1. The van der Waals surface area contributed by atoms with Gasteiger partial charge in [0.1, 0.15) is 0 Å². The molecule has 0 aromatic heterocycles. The number of hydrogen-bond donors (Lipinski definition) is 1. The summed E-state index contributed by atoms with van der Waals surface area (Å²) in [6.07, 6.45) is 0. The molecule has 0 aliphatic heterocycles. The molecule has 134 valence electrons. The Hall–Kier alpha value is -2.76. The lowest BCUT2D eigenvalue weighted by Gasteiger charge is -2.16. The van der Waals surface area contributed by atoms with E-state index in [4.69, 9.17) is 14.2 Å². The summed E-state index contributed by atoms with van der Waals surface area (Å²) in [6.45, 7) is 3.99. The quantitative estimate of drug-likeness (QED) is 0.794. The van der Waals surface area contributed by atoms with Gasteiger partial charge >= 0.3 is 0 Å². The SMILES string of the molecule is CCOc1ccccc1OCC(=O)N[C@@H](C)c1ccc(OC)c(F)c1. The lowest BCUT2D eigenvalue weighted by molar-refractivity contribution is -0.123. The van der Waals surface area contributed by atoms with Crippen LogP contribution in [0.4, 0.5) is 4.39 Å². The van der Waals surface area contributed by atoms with Crippen LogP contribution in [0.3, 0.4) is 0 Å². The highest BCUT2D eigenvalue weighted by molar-refractivity contribution is 5.78. The van der Waals surface area contributed by atoms with Crippen LogP contribution in [0.15, 0.2) is 42.5 Å². The minimum atomic E-state index is -0.469. The molecule has 0 spiro atoms. The third kappa shape index (κ3) is 5.11. The van der Waals surface area contributed by atoms with Gasteiger partial charge in [-0.1, -0.05) is 18.2 Å². The monoisotopic (exact) mass is 347 g/mol. The van der Waals surface area contributed by atoms with Crippen LogP contribution in [-0.2, 0) is 4.79 Å². The molecule has 0 saturated carbocycles. The standard InChI is InChI=1S/C19H22FNO4/c1-4-24-17-7-5-6-8-18(17)25-12-19(22)21-13(2)14-9-10-16(23-3)15(20)11-14/h5-11,13H,4,12H2,1-3H3,(H,21,22)/t13-/m0/s1. The summed E-state index contributed by atoms with van der Waals surface area (Å²) < 4.78 is 29.6. The fourth-order valence-electron chi connectivity index (χ4n) is 2.31. The van der Waals surface area contributed by atoms with Crippen molar-refractivity contribution in [3.05, 3.63) is 53.8 Å². The fourth-order valence-corrected chi connectivity index (χ4v) is 2.31. The number of benzene rings is 2. The van der Waals surface area contributed by atoms with E-state index in [0.717, 1.165) is 0 Å². The summed E-state index contributed by atoms with van der Waals surface area (Å²) in [5, 5.41) is 2.77. The van der Waals surface area contributed by atoms with Gasteiger partial charge in [-0.15, -0.1) is 0 Å². The summed E-state index contributed by atoms with van der Waals surface area (Å²) >= 11 is 0. The topological polar surface area (TPSA) is 56.8 Å². The second kappa shape index (κ2) is 8.92. The van der Waals surface area contributed by atoms with E-state index in [-0.39, 0.29) is 24.3 Å². The smallest absolute Gasteiger partial charge is 0.258 e.